The molecule has 152 valence electrons. The number of amides is 1. The first kappa shape index (κ1) is 22.3. The van der Waals surface area contributed by atoms with Crippen LogP contribution in [0.5, 0.6) is 5.75 Å². The second kappa shape index (κ2) is 9.03. The molecule has 0 fully saturated rings. The van der Waals surface area contributed by atoms with Gasteiger partial charge in [-0.25, -0.2) is 8.42 Å². The summed E-state index contributed by atoms with van der Waals surface area (Å²) in [6.07, 6.45) is 1.02. The average Bonchev–Trinajstić information content (AvgIpc) is 2.59. The highest BCUT2D eigenvalue weighted by molar-refractivity contribution is 7.92. The smallest absolute Gasteiger partial charge is 0.244 e. The lowest BCUT2D eigenvalue weighted by atomic mass is 10.1. The first-order chi connectivity index (χ1) is 13.0. The molecule has 1 N–H and O–H groups in total. The summed E-state index contributed by atoms with van der Waals surface area (Å²) >= 11 is 12.0. The molecule has 2 aromatic rings. The Morgan fingerprint density at radius 1 is 1.11 bits per heavy atom. The van der Waals surface area contributed by atoms with Crippen LogP contribution >= 0.6 is 23.2 Å². The number of carbonyl (C=O) groups excluding carboxylic acids is 1. The minimum Gasteiger partial charge on any atom is -0.496 e. The van der Waals surface area contributed by atoms with Gasteiger partial charge in [0.1, 0.15) is 11.8 Å². The van der Waals surface area contributed by atoms with Gasteiger partial charge in [-0.3, -0.25) is 9.10 Å². The molecule has 6 nitrogen and oxygen atoms in total. The van der Waals surface area contributed by atoms with Crippen LogP contribution in [0.2, 0.25) is 10.0 Å². The Labute approximate surface area is 175 Å². The van der Waals surface area contributed by atoms with Gasteiger partial charge in [0, 0.05) is 15.6 Å². The Hall–Kier alpha value is -1.96. The maximum absolute atomic E-state index is 12.8. The number of anilines is 1. The molecule has 0 saturated carbocycles. The number of methoxy groups -OCH3 is 1. The lowest BCUT2D eigenvalue weighted by Crippen LogP contribution is -2.48. The van der Waals surface area contributed by atoms with Crippen molar-refractivity contribution >= 4 is 44.8 Å². The molecule has 2 aromatic carbocycles. The lowest BCUT2D eigenvalue weighted by molar-refractivity contribution is -0.122. The number of rotatable bonds is 7. The van der Waals surface area contributed by atoms with Crippen LogP contribution in [-0.2, 0) is 14.8 Å². The quantitative estimate of drug-likeness (QED) is 0.698. The van der Waals surface area contributed by atoms with E-state index in [-0.39, 0.29) is 15.7 Å². The van der Waals surface area contributed by atoms with E-state index in [0.717, 1.165) is 16.1 Å². The molecule has 2 atom stereocenters. The third kappa shape index (κ3) is 5.31. The number of ether oxygens (including phenoxy) is 1. The van der Waals surface area contributed by atoms with Gasteiger partial charge < -0.3 is 10.1 Å². The second-order valence-corrected chi connectivity index (χ2v) is 9.07. The van der Waals surface area contributed by atoms with Gasteiger partial charge in [0.05, 0.1) is 25.1 Å². The van der Waals surface area contributed by atoms with Gasteiger partial charge in [-0.1, -0.05) is 41.4 Å². The summed E-state index contributed by atoms with van der Waals surface area (Å²) in [7, 11) is -2.23. The average molecular weight is 445 g/mol. The van der Waals surface area contributed by atoms with E-state index < -0.39 is 28.0 Å². The first-order valence-electron chi connectivity index (χ1n) is 8.43. The fourth-order valence-corrected chi connectivity index (χ4v) is 4.58. The number of para-hydroxylation sites is 1. The summed E-state index contributed by atoms with van der Waals surface area (Å²) in [6, 6.07) is 10.2. The van der Waals surface area contributed by atoms with Crippen LogP contribution in [0.25, 0.3) is 0 Å². The second-order valence-electron chi connectivity index (χ2n) is 6.33. The summed E-state index contributed by atoms with van der Waals surface area (Å²) in [4.78, 5) is 12.8. The molecule has 2 unspecified atom stereocenters. The maximum Gasteiger partial charge on any atom is 0.244 e. The SMILES string of the molecule is COc1ccccc1C(C)NC(=O)C(C)N(c1cc(Cl)cc(Cl)c1)S(C)(=O)=O. The van der Waals surface area contributed by atoms with E-state index in [2.05, 4.69) is 5.32 Å². The molecule has 1 amide bonds. The van der Waals surface area contributed by atoms with E-state index in [1.54, 1.807) is 20.1 Å². The number of halogens is 2. The Morgan fingerprint density at radius 2 is 1.68 bits per heavy atom. The zero-order valence-electron chi connectivity index (χ0n) is 15.9. The van der Waals surface area contributed by atoms with Crippen LogP contribution in [0.15, 0.2) is 42.5 Å². The number of nitrogens with one attached hydrogen (secondary N) is 1. The van der Waals surface area contributed by atoms with Crippen LogP contribution < -0.4 is 14.4 Å². The van der Waals surface area contributed by atoms with E-state index in [4.69, 9.17) is 27.9 Å². The van der Waals surface area contributed by atoms with Gasteiger partial charge in [0.25, 0.3) is 0 Å². The molecule has 0 spiro atoms. The molecule has 0 radical (unpaired) electrons. The summed E-state index contributed by atoms with van der Waals surface area (Å²) in [6.45, 7) is 3.30. The van der Waals surface area contributed by atoms with Crippen molar-refractivity contribution in [2.24, 2.45) is 0 Å². The molecule has 0 saturated heterocycles. The van der Waals surface area contributed by atoms with Crippen molar-refractivity contribution in [3.05, 3.63) is 58.1 Å². The Bertz CT molecular complexity index is 946. The fraction of sp³-hybridized carbons (Fsp3) is 0.316. The highest BCUT2D eigenvalue weighted by Crippen LogP contribution is 2.29. The van der Waals surface area contributed by atoms with Crippen molar-refractivity contribution in [2.45, 2.75) is 25.9 Å². The van der Waals surface area contributed by atoms with E-state index in [9.17, 15) is 13.2 Å². The summed E-state index contributed by atoms with van der Waals surface area (Å²) in [5.41, 5.74) is 0.995. The molecule has 0 aliphatic carbocycles. The highest BCUT2D eigenvalue weighted by Gasteiger charge is 2.30. The fourth-order valence-electron chi connectivity index (χ4n) is 2.91. The topological polar surface area (TPSA) is 75.7 Å². The predicted molar refractivity (Wildman–Crippen MR) is 113 cm³/mol. The Kier molecular flexibility index (Phi) is 7.20. The number of sulfonamides is 1. The third-order valence-electron chi connectivity index (χ3n) is 4.15. The normalized spacial score (nSPS) is 13.5. The number of carbonyl (C=O) groups is 1. The zero-order valence-corrected chi connectivity index (χ0v) is 18.3. The number of benzene rings is 2. The number of hydrogen-bond donors (Lipinski definition) is 1. The molecule has 0 heterocycles. The van der Waals surface area contributed by atoms with Crippen LogP contribution in [0, 0.1) is 0 Å². The third-order valence-corrected chi connectivity index (χ3v) is 5.83. The highest BCUT2D eigenvalue weighted by atomic mass is 35.5. The molecule has 2 rings (SSSR count). The van der Waals surface area contributed by atoms with Crippen molar-refractivity contribution in [1.29, 1.82) is 0 Å². The molecule has 9 heteroatoms. The van der Waals surface area contributed by atoms with Crippen molar-refractivity contribution in [3.8, 4) is 5.75 Å². The summed E-state index contributed by atoms with van der Waals surface area (Å²) in [5.74, 6) is 0.157. The minimum atomic E-state index is -3.78. The van der Waals surface area contributed by atoms with Crippen molar-refractivity contribution in [2.75, 3.05) is 17.7 Å². The summed E-state index contributed by atoms with van der Waals surface area (Å²) < 4.78 is 31.1. The molecular formula is C19H22Cl2N2O4S. The predicted octanol–water partition coefficient (Wildman–Crippen LogP) is 4.03. The zero-order chi connectivity index (χ0) is 21.1. The molecule has 0 aliphatic rings. The standard InChI is InChI=1S/C19H22Cl2N2O4S/c1-12(17-7-5-6-8-18(17)27-3)22-19(24)13(2)23(28(4,25)26)16-10-14(20)9-15(21)11-16/h5-13H,1-4H3,(H,22,24). The van der Waals surface area contributed by atoms with Crippen molar-refractivity contribution in [1.82, 2.24) is 5.32 Å². The van der Waals surface area contributed by atoms with Gasteiger partial charge in [0.2, 0.25) is 15.9 Å². The van der Waals surface area contributed by atoms with Crippen molar-refractivity contribution < 1.29 is 17.9 Å². The van der Waals surface area contributed by atoms with E-state index in [1.165, 1.54) is 25.1 Å². The molecule has 0 aliphatic heterocycles. The summed E-state index contributed by atoms with van der Waals surface area (Å²) in [5, 5.41) is 3.37. The van der Waals surface area contributed by atoms with Crippen LogP contribution in [0.4, 0.5) is 5.69 Å². The lowest BCUT2D eigenvalue weighted by Gasteiger charge is -2.29. The Morgan fingerprint density at radius 3 is 2.21 bits per heavy atom. The number of hydrogen-bond acceptors (Lipinski definition) is 4. The Balaban J connectivity index is 2.31. The van der Waals surface area contributed by atoms with Gasteiger partial charge >= 0.3 is 0 Å². The monoisotopic (exact) mass is 444 g/mol. The number of nitrogens with zero attached hydrogens (tertiary/aromatic N) is 1. The van der Waals surface area contributed by atoms with Gasteiger partial charge in [-0.2, -0.15) is 0 Å². The minimum absolute atomic E-state index is 0.215. The molecule has 0 bridgehead atoms. The maximum atomic E-state index is 12.8. The van der Waals surface area contributed by atoms with Crippen LogP contribution in [0.3, 0.4) is 0 Å². The van der Waals surface area contributed by atoms with Gasteiger partial charge in [-0.15, -0.1) is 0 Å². The first-order valence-corrected chi connectivity index (χ1v) is 11.0. The largest absolute Gasteiger partial charge is 0.496 e. The van der Waals surface area contributed by atoms with E-state index >= 15 is 0 Å². The van der Waals surface area contributed by atoms with E-state index in [1.807, 2.05) is 18.2 Å². The molecule has 28 heavy (non-hydrogen) atoms. The molecule has 0 aromatic heterocycles. The van der Waals surface area contributed by atoms with Crippen LogP contribution in [0.1, 0.15) is 25.5 Å². The molecular weight excluding hydrogens is 423 g/mol. The van der Waals surface area contributed by atoms with Gasteiger partial charge in [0.15, 0.2) is 0 Å². The van der Waals surface area contributed by atoms with E-state index in [0.29, 0.717) is 5.75 Å². The van der Waals surface area contributed by atoms with Crippen molar-refractivity contribution in [3.63, 3.8) is 0 Å². The van der Waals surface area contributed by atoms with Gasteiger partial charge in [-0.05, 0) is 38.1 Å². The van der Waals surface area contributed by atoms with Crippen LogP contribution in [-0.4, -0.2) is 33.7 Å².